The molecule has 3 nitrogen and oxygen atoms in total. The lowest BCUT2D eigenvalue weighted by molar-refractivity contribution is 0.932. The number of aromatic nitrogens is 2. The number of hydrogen-bond acceptors (Lipinski definition) is 4. The van der Waals surface area contributed by atoms with Gasteiger partial charge >= 0.3 is 0 Å². The van der Waals surface area contributed by atoms with E-state index in [-0.39, 0.29) is 0 Å². The van der Waals surface area contributed by atoms with Crippen molar-refractivity contribution < 1.29 is 0 Å². The van der Waals surface area contributed by atoms with Gasteiger partial charge in [-0.15, -0.1) is 11.8 Å². The lowest BCUT2D eigenvalue weighted by Crippen LogP contribution is -2.02. The molecule has 2 N–H and O–H groups in total. The highest BCUT2D eigenvalue weighted by Crippen LogP contribution is 2.19. The van der Waals surface area contributed by atoms with Crippen LogP contribution < -0.4 is 5.73 Å². The molecule has 0 amide bonds. The van der Waals surface area contributed by atoms with Crippen molar-refractivity contribution in [2.24, 2.45) is 5.73 Å². The van der Waals surface area contributed by atoms with Gasteiger partial charge in [0.1, 0.15) is 5.03 Å². The molecule has 0 spiro atoms. The quantitative estimate of drug-likeness (QED) is 0.650. The molecule has 0 saturated carbocycles. The van der Waals surface area contributed by atoms with E-state index in [1.807, 2.05) is 42.7 Å². The first-order valence-corrected chi connectivity index (χ1v) is 6.23. The van der Waals surface area contributed by atoms with Gasteiger partial charge in [-0.05, 0) is 12.3 Å². The van der Waals surface area contributed by atoms with E-state index < -0.39 is 0 Å². The zero-order valence-corrected chi connectivity index (χ0v) is 9.87. The lowest BCUT2D eigenvalue weighted by atomic mass is 10.2. The van der Waals surface area contributed by atoms with Gasteiger partial charge in [0.05, 0.1) is 5.69 Å². The summed E-state index contributed by atoms with van der Waals surface area (Å²) < 4.78 is 0. The zero-order chi connectivity index (χ0) is 11.4. The molecule has 1 aromatic heterocycles. The van der Waals surface area contributed by atoms with Crippen LogP contribution in [0.15, 0.2) is 41.4 Å². The van der Waals surface area contributed by atoms with Gasteiger partial charge in [-0.3, -0.25) is 0 Å². The Bertz CT molecular complexity index is 449. The SMILES string of the molecule is CSc1cc(CN)nc(-c2ccccc2)n1. The monoisotopic (exact) mass is 231 g/mol. The summed E-state index contributed by atoms with van der Waals surface area (Å²) in [6.07, 6.45) is 2.00. The van der Waals surface area contributed by atoms with Crippen LogP contribution >= 0.6 is 11.8 Å². The van der Waals surface area contributed by atoms with E-state index in [0.717, 1.165) is 22.1 Å². The molecule has 1 aromatic carbocycles. The molecule has 2 aromatic rings. The lowest BCUT2D eigenvalue weighted by Gasteiger charge is -2.05. The predicted octanol–water partition coefficient (Wildman–Crippen LogP) is 2.32. The van der Waals surface area contributed by atoms with Crippen LogP contribution in [0.4, 0.5) is 0 Å². The second-order valence-electron chi connectivity index (χ2n) is 3.30. The van der Waals surface area contributed by atoms with Crippen LogP contribution in [-0.4, -0.2) is 16.2 Å². The van der Waals surface area contributed by atoms with Gasteiger partial charge in [0.25, 0.3) is 0 Å². The van der Waals surface area contributed by atoms with Crippen LogP contribution in [0.2, 0.25) is 0 Å². The van der Waals surface area contributed by atoms with E-state index in [0.29, 0.717) is 6.54 Å². The topological polar surface area (TPSA) is 51.8 Å². The van der Waals surface area contributed by atoms with Crippen molar-refractivity contribution in [1.82, 2.24) is 9.97 Å². The Hall–Kier alpha value is -1.39. The molecular formula is C12H13N3S. The third-order valence-electron chi connectivity index (χ3n) is 2.21. The Kier molecular flexibility index (Phi) is 3.54. The van der Waals surface area contributed by atoms with Gasteiger partial charge in [-0.2, -0.15) is 0 Å². The molecule has 0 bridgehead atoms. The number of thioether (sulfide) groups is 1. The molecule has 0 fully saturated rings. The fourth-order valence-electron chi connectivity index (χ4n) is 1.40. The van der Waals surface area contributed by atoms with Crippen LogP contribution in [0.5, 0.6) is 0 Å². The van der Waals surface area contributed by atoms with Crippen molar-refractivity contribution in [3.05, 3.63) is 42.1 Å². The minimum Gasteiger partial charge on any atom is -0.325 e. The number of benzene rings is 1. The molecule has 82 valence electrons. The van der Waals surface area contributed by atoms with Crippen LogP contribution in [-0.2, 0) is 6.54 Å². The minimum atomic E-state index is 0.440. The first kappa shape index (κ1) is 11.1. The van der Waals surface area contributed by atoms with Crippen LogP contribution in [0.1, 0.15) is 5.69 Å². The van der Waals surface area contributed by atoms with Gasteiger partial charge in [0.2, 0.25) is 0 Å². The number of hydrogen-bond donors (Lipinski definition) is 1. The highest BCUT2D eigenvalue weighted by atomic mass is 32.2. The smallest absolute Gasteiger partial charge is 0.160 e. The van der Waals surface area contributed by atoms with Gasteiger partial charge < -0.3 is 5.73 Å². The number of rotatable bonds is 3. The molecule has 0 aliphatic carbocycles. The maximum Gasteiger partial charge on any atom is 0.160 e. The summed E-state index contributed by atoms with van der Waals surface area (Å²) in [7, 11) is 0. The van der Waals surface area contributed by atoms with Crippen molar-refractivity contribution in [3.63, 3.8) is 0 Å². The molecular weight excluding hydrogens is 218 g/mol. The Morgan fingerprint density at radius 3 is 2.56 bits per heavy atom. The summed E-state index contributed by atoms with van der Waals surface area (Å²) in [5.74, 6) is 0.743. The Morgan fingerprint density at radius 1 is 1.19 bits per heavy atom. The molecule has 0 saturated heterocycles. The van der Waals surface area contributed by atoms with Crippen molar-refractivity contribution in [1.29, 1.82) is 0 Å². The summed E-state index contributed by atoms with van der Waals surface area (Å²) in [6.45, 7) is 0.440. The average Bonchev–Trinajstić information content (AvgIpc) is 2.39. The van der Waals surface area contributed by atoms with Crippen molar-refractivity contribution in [2.45, 2.75) is 11.6 Å². The maximum atomic E-state index is 5.62. The maximum absolute atomic E-state index is 5.62. The van der Waals surface area contributed by atoms with Crippen LogP contribution in [0, 0.1) is 0 Å². The highest BCUT2D eigenvalue weighted by Gasteiger charge is 2.04. The summed E-state index contributed by atoms with van der Waals surface area (Å²) in [5.41, 5.74) is 7.52. The van der Waals surface area contributed by atoms with Crippen LogP contribution in [0.25, 0.3) is 11.4 Å². The Labute approximate surface area is 99.1 Å². The van der Waals surface area contributed by atoms with E-state index in [1.165, 1.54) is 0 Å². The van der Waals surface area contributed by atoms with Gasteiger partial charge in [0.15, 0.2) is 5.82 Å². The van der Waals surface area contributed by atoms with Crippen LogP contribution in [0.3, 0.4) is 0 Å². The standard InChI is InChI=1S/C12H13N3S/c1-16-11-7-10(8-13)14-12(15-11)9-5-3-2-4-6-9/h2-7H,8,13H2,1H3. The first-order chi connectivity index (χ1) is 7.83. The van der Waals surface area contributed by atoms with E-state index in [9.17, 15) is 0 Å². The third kappa shape index (κ3) is 2.40. The van der Waals surface area contributed by atoms with Crippen molar-refractivity contribution in [2.75, 3.05) is 6.26 Å². The zero-order valence-electron chi connectivity index (χ0n) is 9.05. The predicted molar refractivity (Wildman–Crippen MR) is 67.1 cm³/mol. The highest BCUT2D eigenvalue weighted by molar-refractivity contribution is 7.98. The fourth-order valence-corrected chi connectivity index (χ4v) is 1.83. The second kappa shape index (κ2) is 5.09. The fraction of sp³-hybridized carbons (Fsp3) is 0.167. The molecule has 0 radical (unpaired) electrons. The Balaban J connectivity index is 2.48. The van der Waals surface area contributed by atoms with E-state index in [4.69, 9.17) is 5.73 Å². The van der Waals surface area contributed by atoms with E-state index in [2.05, 4.69) is 9.97 Å². The number of nitrogens with zero attached hydrogens (tertiary/aromatic N) is 2. The molecule has 2 rings (SSSR count). The summed E-state index contributed by atoms with van der Waals surface area (Å²) in [5, 5.41) is 0.953. The van der Waals surface area contributed by atoms with Crippen molar-refractivity contribution in [3.8, 4) is 11.4 Å². The molecule has 0 atom stereocenters. The number of nitrogens with two attached hydrogens (primary N) is 1. The summed E-state index contributed by atoms with van der Waals surface area (Å²) >= 11 is 1.60. The van der Waals surface area contributed by atoms with E-state index in [1.54, 1.807) is 11.8 Å². The average molecular weight is 231 g/mol. The molecule has 0 unspecified atom stereocenters. The van der Waals surface area contributed by atoms with Crippen molar-refractivity contribution >= 4 is 11.8 Å². The molecule has 4 heteroatoms. The first-order valence-electron chi connectivity index (χ1n) is 5.01. The van der Waals surface area contributed by atoms with Gasteiger partial charge in [0, 0.05) is 12.1 Å². The van der Waals surface area contributed by atoms with E-state index >= 15 is 0 Å². The second-order valence-corrected chi connectivity index (χ2v) is 4.12. The van der Waals surface area contributed by atoms with Gasteiger partial charge in [-0.25, -0.2) is 9.97 Å². The molecule has 0 aliphatic heterocycles. The third-order valence-corrected chi connectivity index (χ3v) is 2.83. The Morgan fingerprint density at radius 2 is 1.94 bits per heavy atom. The molecule has 1 heterocycles. The summed E-state index contributed by atoms with van der Waals surface area (Å²) in [6, 6.07) is 11.9. The van der Waals surface area contributed by atoms with Gasteiger partial charge in [-0.1, -0.05) is 30.3 Å². The molecule has 0 aliphatic rings. The largest absolute Gasteiger partial charge is 0.325 e. The molecule has 16 heavy (non-hydrogen) atoms. The normalized spacial score (nSPS) is 10.4. The minimum absolute atomic E-state index is 0.440. The summed E-state index contributed by atoms with van der Waals surface area (Å²) in [4.78, 5) is 8.89.